The van der Waals surface area contributed by atoms with Crippen LogP contribution in [0, 0.1) is 5.92 Å². The summed E-state index contributed by atoms with van der Waals surface area (Å²) in [5.74, 6) is 0.123. The van der Waals surface area contributed by atoms with Crippen LogP contribution in [-0.2, 0) is 14.6 Å². The Morgan fingerprint density at radius 2 is 2.11 bits per heavy atom. The van der Waals surface area contributed by atoms with Gasteiger partial charge in [0.15, 0.2) is 9.84 Å². The number of hydrogen-bond donors (Lipinski definition) is 1. The summed E-state index contributed by atoms with van der Waals surface area (Å²) in [6, 6.07) is 6.46. The fourth-order valence-electron chi connectivity index (χ4n) is 2.20. The number of hydrogen-bond acceptors (Lipinski definition) is 3. The summed E-state index contributed by atoms with van der Waals surface area (Å²) in [4.78, 5) is 12.1. The minimum Gasteiger partial charge on any atom is -0.325 e. The van der Waals surface area contributed by atoms with E-state index in [2.05, 4.69) is 11.4 Å². The van der Waals surface area contributed by atoms with Crippen molar-refractivity contribution in [3.63, 3.8) is 0 Å². The third-order valence-corrected chi connectivity index (χ3v) is 4.28. The third-order valence-electron chi connectivity index (χ3n) is 3.12. The zero-order valence-corrected chi connectivity index (χ0v) is 11.6. The van der Waals surface area contributed by atoms with Gasteiger partial charge in [-0.3, -0.25) is 4.79 Å². The molecular weight excluding hydrogens is 262 g/mol. The summed E-state index contributed by atoms with van der Waals surface area (Å²) in [6.07, 6.45) is 7.65. The van der Waals surface area contributed by atoms with Gasteiger partial charge in [0.25, 0.3) is 0 Å². The first kappa shape index (κ1) is 13.8. The molecule has 2 rings (SSSR count). The van der Waals surface area contributed by atoms with Crippen LogP contribution >= 0.6 is 0 Å². The van der Waals surface area contributed by atoms with Crippen molar-refractivity contribution in [1.82, 2.24) is 0 Å². The quantitative estimate of drug-likeness (QED) is 0.861. The number of amides is 1. The van der Waals surface area contributed by atoms with E-state index in [0.717, 1.165) is 19.1 Å². The van der Waals surface area contributed by atoms with Crippen LogP contribution in [0.1, 0.15) is 19.3 Å². The molecule has 0 saturated carbocycles. The minimum absolute atomic E-state index is 0.146. The van der Waals surface area contributed by atoms with E-state index in [1.165, 1.54) is 6.07 Å². The normalized spacial score (nSPS) is 18.5. The van der Waals surface area contributed by atoms with Gasteiger partial charge in [0, 0.05) is 12.7 Å². The molecule has 19 heavy (non-hydrogen) atoms. The molecule has 1 aromatic rings. The lowest BCUT2D eigenvalue weighted by atomic mass is 10.1. The first-order valence-corrected chi connectivity index (χ1v) is 8.11. The van der Waals surface area contributed by atoms with E-state index in [9.17, 15) is 13.2 Å². The van der Waals surface area contributed by atoms with Crippen LogP contribution in [0.25, 0.3) is 0 Å². The molecule has 0 bridgehead atoms. The second-order valence-corrected chi connectivity index (χ2v) is 6.77. The zero-order chi connectivity index (χ0) is 13.9. The van der Waals surface area contributed by atoms with Gasteiger partial charge >= 0.3 is 0 Å². The van der Waals surface area contributed by atoms with Crippen molar-refractivity contribution in [2.75, 3.05) is 11.6 Å². The molecule has 1 amide bonds. The van der Waals surface area contributed by atoms with Gasteiger partial charge < -0.3 is 5.32 Å². The van der Waals surface area contributed by atoms with Gasteiger partial charge in [-0.1, -0.05) is 24.3 Å². The van der Waals surface area contributed by atoms with E-state index in [1.807, 2.05) is 6.08 Å². The summed E-state index contributed by atoms with van der Waals surface area (Å²) in [7, 11) is -3.34. The summed E-state index contributed by atoms with van der Waals surface area (Å²) < 4.78 is 23.2. The van der Waals surface area contributed by atoms with Gasteiger partial charge in [0.1, 0.15) is 0 Å². The molecule has 1 N–H and O–H groups in total. The fourth-order valence-corrected chi connectivity index (χ4v) is 3.04. The maximum absolute atomic E-state index is 11.9. The number of carbonyl (C=O) groups excluding carboxylic acids is 1. The molecule has 1 unspecified atom stereocenters. The fraction of sp³-hybridized carbons (Fsp3) is 0.357. The first-order valence-electron chi connectivity index (χ1n) is 6.22. The molecule has 1 atom stereocenters. The lowest BCUT2D eigenvalue weighted by molar-refractivity contribution is -0.116. The SMILES string of the molecule is CS(=O)(=O)c1ccccc1NC(=O)CC1C=CCC1. The van der Waals surface area contributed by atoms with Crippen LogP contribution in [0.3, 0.4) is 0 Å². The van der Waals surface area contributed by atoms with Crippen LogP contribution in [0.5, 0.6) is 0 Å². The molecule has 0 aromatic heterocycles. The Morgan fingerprint density at radius 3 is 2.74 bits per heavy atom. The average molecular weight is 279 g/mol. The highest BCUT2D eigenvalue weighted by atomic mass is 32.2. The molecule has 4 nitrogen and oxygen atoms in total. The van der Waals surface area contributed by atoms with Crippen LogP contribution in [-0.4, -0.2) is 20.6 Å². The molecule has 1 aliphatic carbocycles. The second kappa shape index (κ2) is 5.57. The number of benzene rings is 1. The Morgan fingerprint density at radius 1 is 1.37 bits per heavy atom. The van der Waals surface area contributed by atoms with E-state index in [1.54, 1.807) is 18.2 Å². The number of carbonyl (C=O) groups is 1. The number of nitrogens with one attached hydrogen (secondary N) is 1. The van der Waals surface area contributed by atoms with Crippen molar-refractivity contribution in [3.05, 3.63) is 36.4 Å². The lowest BCUT2D eigenvalue weighted by Gasteiger charge is -2.11. The maximum Gasteiger partial charge on any atom is 0.224 e. The van der Waals surface area contributed by atoms with Gasteiger partial charge in [-0.25, -0.2) is 8.42 Å². The maximum atomic E-state index is 11.9. The standard InChI is InChI=1S/C14H17NO3S/c1-19(17,18)13-9-5-4-8-12(13)15-14(16)10-11-6-2-3-7-11/h2,4-6,8-9,11H,3,7,10H2,1H3,(H,15,16). The number of sulfone groups is 1. The van der Waals surface area contributed by atoms with Gasteiger partial charge in [0.2, 0.25) is 5.91 Å². The van der Waals surface area contributed by atoms with Gasteiger partial charge in [-0.2, -0.15) is 0 Å². The average Bonchev–Trinajstić information content (AvgIpc) is 2.81. The van der Waals surface area contributed by atoms with Crippen LogP contribution in [0.15, 0.2) is 41.3 Å². The highest BCUT2D eigenvalue weighted by Gasteiger charge is 2.17. The van der Waals surface area contributed by atoms with Crippen molar-refractivity contribution in [1.29, 1.82) is 0 Å². The molecule has 1 aromatic carbocycles. The van der Waals surface area contributed by atoms with Crippen LogP contribution < -0.4 is 5.32 Å². The number of anilines is 1. The van der Waals surface area contributed by atoms with Gasteiger partial charge in [0.05, 0.1) is 10.6 Å². The molecule has 5 heteroatoms. The predicted molar refractivity (Wildman–Crippen MR) is 74.7 cm³/mol. The topological polar surface area (TPSA) is 63.2 Å². The molecule has 0 fully saturated rings. The van der Waals surface area contributed by atoms with E-state index < -0.39 is 9.84 Å². The smallest absolute Gasteiger partial charge is 0.224 e. The monoisotopic (exact) mass is 279 g/mol. The van der Waals surface area contributed by atoms with E-state index in [4.69, 9.17) is 0 Å². The zero-order valence-electron chi connectivity index (χ0n) is 10.8. The predicted octanol–water partition coefficient (Wildman–Crippen LogP) is 2.38. The highest BCUT2D eigenvalue weighted by molar-refractivity contribution is 7.90. The molecule has 0 aliphatic heterocycles. The van der Waals surface area contributed by atoms with E-state index in [0.29, 0.717) is 12.1 Å². The number of allylic oxidation sites excluding steroid dienone is 2. The molecule has 102 valence electrons. The van der Waals surface area contributed by atoms with Crippen molar-refractivity contribution >= 4 is 21.4 Å². The Labute approximate surface area is 113 Å². The van der Waals surface area contributed by atoms with Crippen molar-refractivity contribution in [3.8, 4) is 0 Å². The Balaban J connectivity index is 2.10. The molecule has 0 saturated heterocycles. The Kier molecular flexibility index (Phi) is 4.04. The van der Waals surface area contributed by atoms with Gasteiger partial charge in [-0.05, 0) is 30.9 Å². The van der Waals surface area contributed by atoms with Gasteiger partial charge in [-0.15, -0.1) is 0 Å². The first-order chi connectivity index (χ1) is 8.97. The second-order valence-electron chi connectivity index (χ2n) is 4.79. The van der Waals surface area contributed by atoms with Crippen molar-refractivity contribution in [2.45, 2.75) is 24.2 Å². The summed E-state index contributed by atoms with van der Waals surface area (Å²) in [6.45, 7) is 0. The molecular formula is C14H17NO3S. The Hall–Kier alpha value is -1.62. The van der Waals surface area contributed by atoms with Crippen LogP contribution in [0.2, 0.25) is 0 Å². The third kappa shape index (κ3) is 3.67. The number of rotatable bonds is 4. The summed E-state index contributed by atoms with van der Waals surface area (Å²) in [5.41, 5.74) is 0.358. The molecule has 0 spiro atoms. The van der Waals surface area contributed by atoms with E-state index >= 15 is 0 Å². The van der Waals surface area contributed by atoms with Crippen molar-refractivity contribution in [2.24, 2.45) is 5.92 Å². The van der Waals surface area contributed by atoms with Crippen LogP contribution in [0.4, 0.5) is 5.69 Å². The van der Waals surface area contributed by atoms with E-state index in [-0.39, 0.29) is 16.7 Å². The lowest BCUT2D eigenvalue weighted by Crippen LogP contribution is -2.16. The largest absolute Gasteiger partial charge is 0.325 e. The molecule has 0 heterocycles. The Bertz CT molecular complexity index is 605. The molecule has 1 aliphatic rings. The number of para-hydroxylation sites is 1. The highest BCUT2D eigenvalue weighted by Crippen LogP contribution is 2.23. The molecule has 0 radical (unpaired) electrons. The summed E-state index contributed by atoms with van der Waals surface area (Å²) >= 11 is 0. The minimum atomic E-state index is -3.34. The van der Waals surface area contributed by atoms with Crippen molar-refractivity contribution < 1.29 is 13.2 Å². The summed E-state index contributed by atoms with van der Waals surface area (Å²) in [5, 5.41) is 2.69.